The largest absolute Gasteiger partial charge is 0.492 e. The molecule has 1 aromatic carbocycles. The topological polar surface area (TPSA) is 128 Å². The third-order valence-corrected chi connectivity index (χ3v) is 4.25. The molecule has 3 aromatic heterocycles. The minimum Gasteiger partial charge on any atom is -0.492 e. The Labute approximate surface area is 191 Å². The summed E-state index contributed by atoms with van der Waals surface area (Å²) in [5.74, 6) is 0.702. The number of H-pyrrole nitrogens is 1. The molecule has 0 aliphatic heterocycles. The fraction of sp³-hybridized carbons (Fsp3) is 0.348. The quantitative estimate of drug-likeness (QED) is 0.372. The van der Waals surface area contributed by atoms with Gasteiger partial charge < -0.3 is 25.3 Å². The first-order valence-corrected chi connectivity index (χ1v) is 10.5. The lowest BCUT2D eigenvalue weighted by Gasteiger charge is -2.08. The van der Waals surface area contributed by atoms with Gasteiger partial charge >= 0.3 is 0 Å². The van der Waals surface area contributed by atoms with E-state index in [1.807, 2.05) is 34.6 Å². The molecule has 4 N–H and O–H groups in total. The van der Waals surface area contributed by atoms with E-state index in [4.69, 9.17) is 25.1 Å². The zero-order valence-electron chi connectivity index (χ0n) is 19.4. The molecule has 0 unspecified atom stereocenters. The molecule has 0 saturated heterocycles. The molecule has 0 fully saturated rings. The number of aryl methyl sites for hydroxylation is 2. The molecule has 0 amide bonds. The number of carbonyl (C=O) groups is 1. The lowest BCUT2D eigenvalue weighted by Crippen LogP contribution is -2.06. The number of hydrogen-bond acceptors (Lipinski definition) is 6. The van der Waals surface area contributed by atoms with Crippen molar-refractivity contribution < 1.29 is 23.8 Å². The highest BCUT2D eigenvalue weighted by atomic mass is 19.1. The van der Waals surface area contributed by atoms with Crippen molar-refractivity contribution in [2.45, 2.75) is 47.1 Å². The number of rotatable bonds is 5. The third kappa shape index (κ3) is 6.42. The monoisotopic (exact) mass is 459 g/mol. The van der Waals surface area contributed by atoms with Gasteiger partial charge in [-0.25, -0.2) is 8.91 Å². The van der Waals surface area contributed by atoms with Crippen LogP contribution in [0.4, 0.5) is 4.39 Å². The number of aromatic nitrogens is 4. The molecule has 0 atom stereocenters. The molecule has 33 heavy (non-hydrogen) atoms. The minimum absolute atomic E-state index is 0.119. The molecule has 10 heteroatoms. The lowest BCUT2D eigenvalue weighted by molar-refractivity contribution is -0.122. The Morgan fingerprint density at radius 2 is 1.97 bits per heavy atom. The summed E-state index contributed by atoms with van der Waals surface area (Å²) in [6.45, 7) is 10.1. The average Bonchev–Trinajstić information content (AvgIpc) is 3.29. The maximum absolute atomic E-state index is 14.8. The van der Waals surface area contributed by atoms with Crippen LogP contribution in [-0.2, 0) is 4.79 Å². The van der Waals surface area contributed by atoms with Crippen LogP contribution in [0.25, 0.3) is 16.4 Å². The second-order valence-electron chi connectivity index (χ2n) is 7.57. The summed E-state index contributed by atoms with van der Waals surface area (Å²) in [6.07, 6.45) is 4.06. The summed E-state index contributed by atoms with van der Waals surface area (Å²) in [5, 5.41) is 11.6. The number of hydrogen-bond donors (Lipinski definition) is 3. The third-order valence-electron chi connectivity index (χ3n) is 4.25. The van der Waals surface area contributed by atoms with E-state index in [1.54, 1.807) is 28.9 Å². The van der Waals surface area contributed by atoms with E-state index < -0.39 is 5.82 Å². The second-order valence-corrected chi connectivity index (χ2v) is 7.57. The van der Waals surface area contributed by atoms with E-state index in [9.17, 15) is 4.39 Å². The highest BCUT2D eigenvalue weighted by molar-refractivity contribution is 5.83. The number of fused-ring (bicyclic) bond motifs is 2. The van der Waals surface area contributed by atoms with Gasteiger partial charge in [-0.05, 0) is 44.5 Å². The first kappa shape index (κ1) is 25.6. The van der Waals surface area contributed by atoms with Crippen molar-refractivity contribution in [1.82, 2.24) is 19.6 Å². The van der Waals surface area contributed by atoms with Crippen molar-refractivity contribution in [3.05, 3.63) is 47.8 Å². The molecule has 178 valence electrons. The number of carboxylic acid groups (broad SMARTS) is 1. The van der Waals surface area contributed by atoms with Gasteiger partial charge in [0.25, 0.3) is 6.47 Å². The smallest absolute Gasteiger partial charge is 0.290 e. The zero-order valence-corrected chi connectivity index (χ0v) is 19.4. The Hall–Kier alpha value is -3.66. The van der Waals surface area contributed by atoms with Crippen molar-refractivity contribution in [2.75, 3.05) is 6.61 Å². The number of halogens is 1. The highest BCUT2D eigenvalue weighted by Crippen LogP contribution is 2.34. The molecule has 3 heterocycles. The van der Waals surface area contributed by atoms with Gasteiger partial charge in [-0.1, -0.05) is 20.8 Å². The molecule has 0 bridgehead atoms. The number of nitrogens with zero attached hydrogens (tertiary/aromatic N) is 3. The SMILES string of the molecule is CC(C)N.CCCOc1cn2ncnc(Oc3ccc4[nH]c(C)cc4c3F)c2c1C.O=CO. The van der Waals surface area contributed by atoms with Crippen LogP contribution < -0.4 is 15.2 Å². The molecule has 0 aliphatic carbocycles. The van der Waals surface area contributed by atoms with E-state index in [1.165, 1.54) is 6.33 Å². The molecule has 4 rings (SSSR count). The van der Waals surface area contributed by atoms with Crippen molar-refractivity contribution in [3.8, 4) is 17.4 Å². The predicted molar refractivity (Wildman–Crippen MR) is 125 cm³/mol. The van der Waals surface area contributed by atoms with Gasteiger partial charge in [0.15, 0.2) is 11.6 Å². The van der Waals surface area contributed by atoms with Gasteiger partial charge in [-0.15, -0.1) is 0 Å². The van der Waals surface area contributed by atoms with E-state index in [0.29, 0.717) is 23.6 Å². The van der Waals surface area contributed by atoms with Gasteiger partial charge in [0, 0.05) is 22.2 Å². The van der Waals surface area contributed by atoms with Crippen LogP contribution in [0.2, 0.25) is 0 Å². The van der Waals surface area contributed by atoms with E-state index in [2.05, 4.69) is 15.1 Å². The molecular weight excluding hydrogens is 429 g/mol. The van der Waals surface area contributed by atoms with Crippen molar-refractivity contribution >= 4 is 22.9 Å². The molecule has 0 spiro atoms. The fourth-order valence-corrected chi connectivity index (χ4v) is 3.01. The van der Waals surface area contributed by atoms with Crippen molar-refractivity contribution in [3.63, 3.8) is 0 Å². The van der Waals surface area contributed by atoms with Crippen LogP contribution >= 0.6 is 0 Å². The summed E-state index contributed by atoms with van der Waals surface area (Å²) >= 11 is 0. The highest BCUT2D eigenvalue weighted by Gasteiger charge is 2.18. The Morgan fingerprint density at radius 3 is 2.61 bits per heavy atom. The van der Waals surface area contributed by atoms with Gasteiger partial charge in [-0.2, -0.15) is 10.1 Å². The summed E-state index contributed by atoms with van der Waals surface area (Å²) in [7, 11) is 0. The lowest BCUT2D eigenvalue weighted by atomic mass is 10.2. The van der Waals surface area contributed by atoms with Crippen molar-refractivity contribution in [2.24, 2.45) is 5.73 Å². The normalized spacial score (nSPS) is 10.4. The summed E-state index contributed by atoms with van der Waals surface area (Å²) in [6, 6.07) is 5.48. The Kier molecular flexibility index (Phi) is 9.17. The standard InChI is InChI=1S/C19H19FN4O2.C3H9N.CH2O2/c1-4-7-25-16-9-24-18(12(16)3)19(21-10-22-24)26-15-6-5-14-13(17(15)20)8-11(2)23-14;1-3(2)4;2-1-3/h5-6,8-10,23H,4,7H2,1-3H3;3H,4H2,1-2H3;1H,(H,2,3). The van der Waals surface area contributed by atoms with E-state index in [-0.39, 0.29) is 18.1 Å². The maximum Gasteiger partial charge on any atom is 0.290 e. The number of aromatic amines is 1. The predicted octanol–water partition coefficient (Wildman–Crippen LogP) is 4.60. The number of ether oxygens (including phenoxy) is 2. The number of nitrogens with two attached hydrogens (primary N) is 1. The Balaban J connectivity index is 0.000000489. The molecule has 9 nitrogen and oxygen atoms in total. The van der Waals surface area contributed by atoms with Crippen LogP contribution in [0.3, 0.4) is 0 Å². The molecule has 4 aromatic rings. The van der Waals surface area contributed by atoms with E-state index >= 15 is 0 Å². The van der Waals surface area contributed by atoms with Gasteiger partial charge in [0.05, 0.1) is 12.8 Å². The fourth-order valence-electron chi connectivity index (χ4n) is 3.01. The van der Waals surface area contributed by atoms with Crippen LogP contribution in [0.15, 0.2) is 30.7 Å². The molecule has 0 radical (unpaired) electrons. The zero-order chi connectivity index (χ0) is 24.5. The first-order chi connectivity index (χ1) is 15.7. The van der Waals surface area contributed by atoms with E-state index in [0.717, 1.165) is 28.9 Å². The van der Waals surface area contributed by atoms with Crippen LogP contribution in [0, 0.1) is 19.7 Å². The number of benzene rings is 1. The van der Waals surface area contributed by atoms with Gasteiger partial charge in [0.1, 0.15) is 17.6 Å². The summed E-state index contributed by atoms with van der Waals surface area (Å²) in [4.78, 5) is 15.7. The first-order valence-electron chi connectivity index (χ1n) is 10.5. The molecule has 0 saturated carbocycles. The molecular formula is C23H30FN5O4. The Bertz CT molecular complexity index is 1200. The maximum atomic E-state index is 14.8. The summed E-state index contributed by atoms with van der Waals surface area (Å²) < 4.78 is 28.0. The van der Waals surface area contributed by atoms with Crippen LogP contribution in [-0.4, -0.2) is 43.8 Å². The van der Waals surface area contributed by atoms with Crippen LogP contribution in [0.5, 0.6) is 17.4 Å². The van der Waals surface area contributed by atoms with Crippen LogP contribution in [0.1, 0.15) is 38.4 Å². The van der Waals surface area contributed by atoms with Crippen molar-refractivity contribution in [1.29, 1.82) is 0 Å². The number of nitrogens with one attached hydrogen (secondary N) is 1. The second kappa shape index (κ2) is 11.8. The Morgan fingerprint density at radius 1 is 1.30 bits per heavy atom. The summed E-state index contributed by atoms with van der Waals surface area (Å²) in [5.41, 5.74) is 8.24. The average molecular weight is 460 g/mol. The van der Waals surface area contributed by atoms with Gasteiger partial charge in [-0.3, -0.25) is 4.79 Å². The van der Waals surface area contributed by atoms with Gasteiger partial charge in [0.2, 0.25) is 5.88 Å². The minimum atomic E-state index is -0.421. The molecule has 0 aliphatic rings.